The van der Waals surface area contributed by atoms with Crippen LogP contribution in [0, 0.1) is 0 Å². The van der Waals surface area contributed by atoms with E-state index in [2.05, 4.69) is 35.7 Å². The van der Waals surface area contributed by atoms with Gasteiger partial charge in [0.1, 0.15) is 19.0 Å². The Balaban J connectivity index is 1.54. The van der Waals surface area contributed by atoms with Crippen molar-refractivity contribution in [2.75, 3.05) is 6.61 Å². The fraction of sp³-hybridized carbons (Fsp3) is 0.869. The maximum atomic E-state index is 13.7. The standard InChI is InChI=1S/C61H108N4O8/c1-4-7-10-13-16-19-22-25-28-31-34-37-40-43-46-53(66)70-49-52-57(72-54(67)47-44-41-38-35-32-29-26-23-20-17-14-11-8-5-2)58(61(71-52)65-51-64-56-59(65)62-50-63-60(56)69)73-55(68)48-45-42-39-36-33-30-27-24-21-18-15-12-9-6-3/h50-52,57-58,61H,4-49H2,1-3H3,(H,62,63,69)/t52-,57?,58?,61-/m1/s1. The number of ether oxygens (including phenoxy) is 4. The van der Waals surface area contributed by atoms with Gasteiger partial charge in [0.25, 0.3) is 0 Å². The lowest BCUT2D eigenvalue weighted by molar-refractivity contribution is -0.169. The van der Waals surface area contributed by atoms with Gasteiger partial charge in [0.05, 0.1) is 6.33 Å². The number of unbranched alkanes of at least 4 members (excludes halogenated alkanes) is 39. The molecule has 73 heavy (non-hydrogen) atoms. The normalized spacial score (nSPS) is 16.6. The second-order valence-corrected chi connectivity index (χ2v) is 21.7. The Labute approximate surface area is 444 Å². The van der Waals surface area contributed by atoms with Crippen LogP contribution in [0.4, 0.5) is 0 Å². The first-order valence-corrected chi connectivity index (χ1v) is 31.0. The highest BCUT2D eigenvalue weighted by atomic mass is 16.7. The number of rotatable bonds is 50. The van der Waals surface area contributed by atoms with E-state index in [0.717, 1.165) is 57.8 Å². The molecule has 4 atom stereocenters. The van der Waals surface area contributed by atoms with E-state index in [-0.39, 0.29) is 48.9 Å². The van der Waals surface area contributed by atoms with E-state index in [1.807, 2.05) is 0 Å². The molecular formula is C61H108N4O8. The molecule has 3 rings (SSSR count). The summed E-state index contributed by atoms with van der Waals surface area (Å²) < 4.78 is 26.4. The second kappa shape index (κ2) is 43.9. The van der Waals surface area contributed by atoms with Gasteiger partial charge >= 0.3 is 17.9 Å². The van der Waals surface area contributed by atoms with Crippen molar-refractivity contribution in [3.8, 4) is 5.88 Å². The Morgan fingerprint density at radius 1 is 0.452 bits per heavy atom. The Bertz CT molecular complexity index is 1650. The number of carbonyl (C=O) groups is 3. The zero-order valence-corrected chi connectivity index (χ0v) is 47.1. The van der Waals surface area contributed by atoms with Crippen molar-refractivity contribution in [2.45, 2.75) is 334 Å². The number of hydrogen-bond donors (Lipinski definition) is 1. The number of aromatic hydroxyl groups is 1. The lowest BCUT2D eigenvalue weighted by atomic mass is 10.0. The van der Waals surface area contributed by atoms with Crippen molar-refractivity contribution in [3.05, 3.63) is 12.7 Å². The first kappa shape index (κ1) is 64.0. The Morgan fingerprint density at radius 2 is 0.781 bits per heavy atom. The number of esters is 3. The van der Waals surface area contributed by atoms with Crippen LogP contribution >= 0.6 is 0 Å². The van der Waals surface area contributed by atoms with Crippen molar-refractivity contribution >= 4 is 29.1 Å². The summed E-state index contributed by atoms with van der Waals surface area (Å²) in [6, 6.07) is 0. The van der Waals surface area contributed by atoms with E-state index in [0.29, 0.717) is 12.8 Å². The van der Waals surface area contributed by atoms with Gasteiger partial charge in [-0.05, 0) is 19.3 Å². The van der Waals surface area contributed by atoms with Crippen LogP contribution in [0.1, 0.15) is 316 Å². The van der Waals surface area contributed by atoms with Crippen LogP contribution in [-0.2, 0) is 33.3 Å². The predicted octanol–water partition coefficient (Wildman–Crippen LogP) is 17.4. The van der Waals surface area contributed by atoms with Crippen LogP contribution in [0.2, 0.25) is 0 Å². The molecule has 1 aliphatic rings. The summed E-state index contributed by atoms with van der Waals surface area (Å²) in [5.41, 5.74) is 0.432. The van der Waals surface area contributed by atoms with Gasteiger partial charge in [0.2, 0.25) is 5.88 Å². The van der Waals surface area contributed by atoms with Crippen LogP contribution < -0.4 is 0 Å². The van der Waals surface area contributed by atoms with Crippen LogP contribution in [0.3, 0.4) is 0 Å². The molecule has 3 heterocycles. The minimum Gasteiger partial charge on any atom is -0.492 e. The maximum absolute atomic E-state index is 13.7. The van der Waals surface area contributed by atoms with E-state index in [9.17, 15) is 19.5 Å². The highest BCUT2D eigenvalue weighted by Gasteiger charge is 2.51. The van der Waals surface area contributed by atoms with Crippen LogP contribution in [-0.4, -0.2) is 67.5 Å². The van der Waals surface area contributed by atoms with E-state index >= 15 is 0 Å². The van der Waals surface area contributed by atoms with Gasteiger partial charge in [-0.15, -0.1) is 0 Å². The van der Waals surface area contributed by atoms with Crippen molar-refractivity contribution in [1.82, 2.24) is 19.5 Å². The van der Waals surface area contributed by atoms with E-state index < -0.39 is 36.5 Å². The molecule has 1 aliphatic heterocycles. The Morgan fingerprint density at radius 3 is 1.15 bits per heavy atom. The molecule has 1 fully saturated rings. The number of aromatic nitrogens is 4. The Hall–Kier alpha value is -3.28. The van der Waals surface area contributed by atoms with Gasteiger partial charge < -0.3 is 24.1 Å². The first-order chi connectivity index (χ1) is 35.9. The topological polar surface area (TPSA) is 152 Å². The van der Waals surface area contributed by atoms with E-state index in [1.54, 1.807) is 4.57 Å². The molecule has 0 spiro atoms. The lowest BCUT2D eigenvalue weighted by Gasteiger charge is -2.25. The minimum atomic E-state index is -1.08. The third kappa shape index (κ3) is 30.2. The molecule has 0 aliphatic carbocycles. The van der Waals surface area contributed by atoms with E-state index in [4.69, 9.17) is 18.9 Å². The van der Waals surface area contributed by atoms with Gasteiger partial charge in [-0.3, -0.25) is 19.0 Å². The zero-order valence-electron chi connectivity index (χ0n) is 47.1. The number of fused-ring (bicyclic) bond motifs is 1. The molecule has 0 bridgehead atoms. The summed E-state index contributed by atoms with van der Waals surface area (Å²) >= 11 is 0. The average Bonchev–Trinajstić information content (AvgIpc) is 3.97. The smallest absolute Gasteiger partial charge is 0.306 e. The van der Waals surface area contributed by atoms with Gasteiger partial charge in [-0.25, -0.2) is 9.97 Å². The van der Waals surface area contributed by atoms with Crippen LogP contribution in [0.5, 0.6) is 5.88 Å². The SMILES string of the molecule is CCCCCCCCCCCCCCCCC(=O)OC[C@H]1O[C@@H](n2cnc3c(O)ncnc32)C(OC(=O)CCCCCCCCCCCCCCCC)C1OC(=O)CCCCCCCCCCCCCCCC. The number of nitrogens with zero attached hydrogens (tertiary/aromatic N) is 4. The van der Waals surface area contributed by atoms with Crippen molar-refractivity contribution in [2.24, 2.45) is 0 Å². The van der Waals surface area contributed by atoms with Gasteiger partial charge in [0.15, 0.2) is 29.6 Å². The molecule has 1 saturated heterocycles. The minimum absolute atomic E-state index is 0.160. The molecule has 420 valence electrons. The van der Waals surface area contributed by atoms with E-state index in [1.165, 1.54) is 212 Å². The molecule has 2 aromatic heterocycles. The molecule has 12 heteroatoms. The molecule has 2 aromatic rings. The Kier molecular flexibility index (Phi) is 38.5. The quantitative estimate of drug-likeness (QED) is 0.0383. The molecule has 0 amide bonds. The van der Waals surface area contributed by atoms with Crippen LogP contribution in [0.15, 0.2) is 12.7 Å². The number of hydrogen-bond acceptors (Lipinski definition) is 11. The second-order valence-electron chi connectivity index (χ2n) is 21.7. The summed E-state index contributed by atoms with van der Waals surface area (Å²) in [4.78, 5) is 53.1. The predicted molar refractivity (Wildman–Crippen MR) is 296 cm³/mol. The molecule has 0 radical (unpaired) electrons. The molecule has 0 aromatic carbocycles. The van der Waals surface area contributed by atoms with Crippen molar-refractivity contribution in [1.29, 1.82) is 0 Å². The average molecular weight is 1030 g/mol. The number of imidazole rings is 1. The van der Waals surface area contributed by atoms with Crippen molar-refractivity contribution < 1.29 is 38.4 Å². The summed E-state index contributed by atoms with van der Waals surface area (Å²) in [6.45, 7) is 6.61. The van der Waals surface area contributed by atoms with Crippen molar-refractivity contribution in [3.63, 3.8) is 0 Å². The molecule has 0 saturated carbocycles. The maximum Gasteiger partial charge on any atom is 0.306 e. The highest BCUT2D eigenvalue weighted by Crippen LogP contribution is 2.37. The van der Waals surface area contributed by atoms with Gasteiger partial charge in [-0.1, -0.05) is 271 Å². The number of carbonyl (C=O) groups excluding carboxylic acids is 3. The monoisotopic (exact) mass is 1020 g/mol. The van der Waals surface area contributed by atoms with Crippen LogP contribution in [0.25, 0.3) is 11.2 Å². The summed E-state index contributed by atoms with van der Waals surface area (Å²) in [7, 11) is 0. The lowest BCUT2D eigenvalue weighted by Crippen LogP contribution is -2.41. The molecular weight excluding hydrogens is 917 g/mol. The fourth-order valence-electron chi connectivity index (χ4n) is 10.4. The fourth-order valence-corrected chi connectivity index (χ4v) is 10.4. The molecule has 1 N–H and O–H groups in total. The third-order valence-corrected chi connectivity index (χ3v) is 15.0. The van der Waals surface area contributed by atoms with Gasteiger partial charge in [-0.2, -0.15) is 4.98 Å². The summed E-state index contributed by atoms with van der Waals surface area (Å²) in [6.07, 6.45) is 50.7. The third-order valence-electron chi connectivity index (χ3n) is 15.0. The summed E-state index contributed by atoms with van der Waals surface area (Å²) in [5.74, 6) is -1.45. The molecule has 12 nitrogen and oxygen atoms in total. The van der Waals surface area contributed by atoms with Gasteiger partial charge in [0, 0.05) is 19.3 Å². The largest absolute Gasteiger partial charge is 0.492 e. The highest BCUT2D eigenvalue weighted by molar-refractivity contribution is 5.76. The zero-order chi connectivity index (χ0) is 52.2. The first-order valence-electron chi connectivity index (χ1n) is 31.0. The summed E-state index contributed by atoms with van der Waals surface area (Å²) in [5, 5.41) is 10.5. The molecule has 2 unspecified atom stereocenters.